The van der Waals surface area contributed by atoms with Crippen LogP contribution in [0.2, 0.25) is 0 Å². The van der Waals surface area contributed by atoms with E-state index in [1.165, 1.54) is 42.8 Å². The number of nitrogens with two attached hydrogens (primary N) is 2. The van der Waals surface area contributed by atoms with Crippen molar-refractivity contribution in [3.63, 3.8) is 0 Å². The highest BCUT2D eigenvalue weighted by molar-refractivity contribution is 5.92. The number of benzene rings is 1. The van der Waals surface area contributed by atoms with Gasteiger partial charge in [-0.1, -0.05) is 18.2 Å². The number of pyridine rings is 1. The zero-order valence-corrected chi connectivity index (χ0v) is 17.2. The molecular weight excluding hydrogens is 399 g/mol. The maximum Gasteiger partial charge on any atom is 0.268 e. The third kappa shape index (κ3) is 4.77. The number of hydrazine groups is 1. The molecule has 2 aromatic heterocycles. The van der Waals surface area contributed by atoms with Gasteiger partial charge >= 0.3 is 0 Å². The van der Waals surface area contributed by atoms with Crippen molar-refractivity contribution in [2.45, 2.75) is 31.8 Å². The SMILES string of the molecule is COc1cccc(CNC(=O)/C(N)=C/N(N)Cc2cn3cc(C4CC4)ccc3n2)c1F. The Labute approximate surface area is 179 Å². The Hall–Kier alpha value is -3.59. The largest absolute Gasteiger partial charge is 0.494 e. The van der Waals surface area contributed by atoms with Gasteiger partial charge in [0.25, 0.3) is 5.91 Å². The molecule has 0 bridgehead atoms. The molecule has 1 aromatic carbocycles. The normalized spacial score (nSPS) is 14.0. The summed E-state index contributed by atoms with van der Waals surface area (Å²) in [6.45, 7) is 0.246. The Kier molecular flexibility index (Phi) is 5.77. The fourth-order valence-corrected chi connectivity index (χ4v) is 3.39. The van der Waals surface area contributed by atoms with Gasteiger partial charge in [0, 0.05) is 30.7 Å². The van der Waals surface area contributed by atoms with Gasteiger partial charge in [-0.15, -0.1) is 0 Å². The molecule has 1 fully saturated rings. The van der Waals surface area contributed by atoms with Gasteiger partial charge in [-0.3, -0.25) is 4.79 Å². The third-order valence-electron chi connectivity index (χ3n) is 5.19. The van der Waals surface area contributed by atoms with E-state index in [-0.39, 0.29) is 24.5 Å². The highest BCUT2D eigenvalue weighted by atomic mass is 19.1. The van der Waals surface area contributed by atoms with Crippen molar-refractivity contribution in [1.29, 1.82) is 0 Å². The molecule has 0 atom stereocenters. The second-order valence-corrected chi connectivity index (χ2v) is 7.61. The van der Waals surface area contributed by atoms with Crippen LogP contribution in [-0.4, -0.2) is 27.4 Å². The van der Waals surface area contributed by atoms with Crippen LogP contribution in [0.1, 0.15) is 35.6 Å². The smallest absolute Gasteiger partial charge is 0.268 e. The van der Waals surface area contributed by atoms with Crippen LogP contribution in [0.5, 0.6) is 5.75 Å². The zero-order chi connectivity index (χ0) is 22.0. The van der Waals surface area contributed by atoms with Gasteiger partial charge in [-0.2, -0.15) is 0 Å². The number of carbonyl (C=O) groups excluding carboxylic acids is 1. The lowest BCUT2D eigenvalue weighted by atomic mass is 10.2. The van der Waals surface area contributed by atoms with Gasteiger partial charge in [0.1, 0.15) is 11.3 Å². The molecule has 0 unspecified atom stereocenters. The number of methoxy groups -OCH3 is 1. The average Bonchev–Trinajstić information content (AvgIpc) is 3.52. The van der Waals surface area contributed by atoms with E-state index in [9.17, 15) is 9.18 Å². The van der Waals surface area contributed by atoms with Gasteiger partial charge in [0.15, 0.2) is 11.6 Å². The van der Waals surface area contributed by atoms with E-state index >= 15 is 0 Å². The molecule has 0 radical (unpaired) electrons. The first-order chi connectivity index (χ1) is 14.9. The van der Waals surface area contributed by atoms with Crippen LogP contribution < -0.4 is 21.6 Å². The van der Waals surface area contributed by atoms with Gasteiger partial charge in [-0.25, -0.2) is 15.2 Å². The Balaban J connectivity index is 1.36. The first-order valence-electron chi connectivity index (χ1n) is 10.0. The molecular formula is C22H25FN6O2. The van der Waals surface area contributed by atoms with Gasteiger partial charge in [0.2, 0.25) is 0 Å². The van der Waals surface area contributed by atoms with Crippen molar-refractivity contribution in [1.82, 2.24) is 19.7 Å². The molecule has 1 aliphatic rings. The molecule has 5 N–H and O–H groups in total. The lowest BCUT2D eigenvalue weighted by Gasteiger charge is -2.13. The van der Waals surface area contributed by atoms with Crippen LogP contribution in [0.15, 0.2) is 54.6 Å². The Morgan fingerprint density at radius 3 is 2.90 bits per heavy atom. The quantitative estimate of drug-likeness (QED) is 0.290. The van der Waals surface area contributed by atoms with Crippen molar-refractivity contribution < 1.29 is 13.9 Å². The summed E-state index contributed by atoms with van der Waals surface area (Å²) in [5.41, 5.74) is 8.95. The minimum Gasteiger partial charge on any atom is -0.494 e. The zero-order valence-electron chi connectivity index (χ0n) is 17.2. The number of hydrogen-bond acceptors (Lipinski definition) is 6. The summed E-state index contributed by atoms with van der Waals surface area (Å²) in [6.07, 6.45) is 7.81. The molecule has 3 aromatic rings. The standard InChI is InChI=1S/C22H25FN6O2/c1-31-19-4-2-3-15(21(19)23)9-26-22(30)18(24)13-29(25)12-17-11-28-10-16(14-5-6-14)7-8-20(28)27-17/h2-4,7-8,10-11,13-14H,5-6,9,12,24-25H2,1H3,(H,26,30)/b18-13-. The van der Waals surface area contributed by atoms with Crippen molar-refractivity contribution in [2.24, 2.45) is 11.6 Å². The second-order valence-electron chi connectivity index (χ2n) is 7.61. The third-order valence-corrected chi connectivity index (χ3v) is 5.19. The van der Waals surface area contributed by atoms with E-state index in [0.717, 1.165) is 11.3 Å². The van der Waals surface area contributed by atoms with E-state index in [1.54, 1.807) is 12.1 Å². The van der Waals surface area contributed by atoms with E-state index in [2.05, 4.69) is 22.6 Å². The predicted molar refractivity (Wildman–Crippen MR) is 114 cm³/mol. The lowest BCUT2D eigenvalue weighted by Crippen LogP contribution is -2.32. The number of imidazole rings is 1. The van der Waals surface area contributed by atoms with Crippen molar-refractivity contribution >= 4 is 11.6 Å². The number of ether oxygens (including phenoxy) is 1. The first-order valence-corrected chi connectivity index (χ1v) is 10.0. The van der Waals surface area contributed by atoms with Crippen molar-refractivity contribution in [3.05, 3.63) is 77.3 Å². The summed E-state index contributed by atoms with van der Waals surface area (Å²) in [6, 6.07) is 8.82. The number of hydrogen-bond donors (Lipinski definition) is 3. The number of fused-ring (bicyclic) bond motifs is 1. The fraction of sp³-hybridized carbons (Fsp3) is 0.273. The summed E-state index contributed by atoms with van der Waals surface area (Å²) in [7, 11) is 1.38. The van der Waals surface area contributed by atoms with Crippen LogP contribution in [0.25, 0.3) is 5.65 Å². The summed E-state index contributed by atoms with van der Waals surface area (Å²) in [5.74, 6) is 5.69. The molecule has 0 spiro atoms. The summed E-state index contributed by atoms with van der Waals surface area (Å²) < 4.78 is 21.1. The van der Waals surface area contributed by atoms with Crippen LogP contribution in [0.4, 0.5) is 4.39 Å². The van der Waals surface area contributed by atoms with Crippen molar-refractivity contribution in [2.75, 3.05) is 7.11 Å². The molecule has 31 heavy (non-hydrogen) atoms. The van der Waals surface area contributed by atoms with Crippen molar-refractivity contribution in [3.8, 4) is 5.75 Å². The number of nitrogens with one attached hydrogen (secondary N) is 1. The molecule has 0 saturated heterocycles. The summed E-state index contributed by atoms with van der Waals surface area (Å²) in [5, 5.41) is 3.87. The fourth-order valence-electron chi connectivity index (χ4n) is 3.39. The molecule has 0 aliphatic heterocycles. The summed E-state index contributed by atoms with van der Waals surface area (Å²) in [4.78, 5) is 16.8. The number of nitrogens with zero attached hydrogens (tertiary/aromatic N) is 3. The minimum atomic E-state index is -0.554. The van der Waals surface area contributed by atoms with E-state index in [1.807, 2.05) is 16.7 Å². The molecule has 1 aliphatic carbocycles. The number of amides is 1. The molecule has 1 amide bonds. The Morgan fingerprint density at radius 1 is 1.35 bits per heavy atom. The molecule has 4 rings (SSSR count). The highest BCUT2D eigenvalue weighted by Gasteiger charge is 2.23. The maximum atomic E-state index is 14.2. The molecule has 1 saturated carbocycles. The highest BCUT2D eigenvalue weighted by Crippen LogP contribution is 2.39. The predicted octanol–water partition coefficient (Wildman–Crippen LogP) is 2.15. The van der Waals surface area contributed by atoms with E-state index in [0.29, 0.717) is 11.5 Å². The molecule has 2 heterocycles. The topological polar surface area (TPSA) is 111 Å². The average molecular weight is 424 g/mol. The van der Waals surface area contributed by atoms with Gasteiger partial charge in [-0.05, 0) is 36.5 Å². The van der Waals surface area contributed by atoms with Crippen LogP contribution in [-0.2, 0) is 17.9 Å². The monoisotopic (exact) mass is 424 g/mol. The second kappa shape index (κ2) is 8.65. The number of rotatable bonds is 8. The number of aromatic nitrogens is 2. The van der Waals surface area contributed by atoms with E-state index < -0.39 is 11.7 Å². The maximum absolute atomic E-state index is 14.2. The minimum absolute atomic E-state index is 0.0310. The lowest BCUT2D eigenvalue weighted by molar-refractivity contribution is -0.117. The first kappa shape index (κ1) is 20.7. The van der Waals surface area contributed by atoms with Crippen LogP contribution >= 0.6 is 0 Å². The molecule has 8 nitrogen and oxygen atoms in total. The number of halogens is 1. The summed E-state index contributed by atoms with van der Waals surface area (Å²) >= 11 is 0. The Bertz CT molecular complexity index is 1140. The molecule has 9 heteroatoms. The molecule has 162 valence electrons. The van der Waals surface area contributed by atoms with Gasteiger partial charge in [0.05, 0.1) is 19.3 Å². The van der Waals surface area contributed by atoms with Crippen LogP contribution in [0.3, 0.4) is 0 Å². The van der Waals surface area contributed by atoms with Gasteiger partial charge < -0.3 is 25.2 Å². The number of carbonyl (C=O) groups is 1. The van der Waals surface area contributed by atoms with E-state index in [4.69, 9.17) is 16.3 Å². The Morgan fingerprint density at radius 2 is 2.16 bits per heavy atom. The van der Waals surface area contributed by atoms with Crippen LogP contribution in [0, 0.1) is 5.82 Å².